The molecule has 0 bridgehead atoms. The lowest BCUT2D eigenvalue weighted by Crippen LogP contribution is -2.41. The molecule has 5 rings (SSSR count). The van der Waals surface area contributed by atoms with E-state index >= 15 is 0 Å². The second-order valence-electron chi connectivity index (χ2n) is 6.92. The molecule has 3 N–H and O–H groups in total. The number of benzene rings is 2. The highest BCUT2D eigenvalue weighted by molar-refractivity contribution is 7.21. The van der Waals surface area contributed by atoms with Crippen molar-refractivity contribution in [2.24, 2.45) is 0 Å². The Morgan fingerprint density at radius 1 is 1.09 bits per heavy atom. The number of carbonyl (C=O) groups is 1. The van der Waals surface area contributed by atoms with Crippen LogP contribution in [0, 0.1) is 0 Å². The van der Waals surface area contributed by atoms with Crippen molar-refractivity contribution < 1.29 is 18.7 Å². The van der Waals surface area contributed by atoms with Gasteiger partial charge in [0.25, 0.3) is 5.78 Å². The van der Waals surface area contributed by atoms with Gasteiger partial charge < -0.3 is 10.5 Å². The van der Waals surface area contributed by atoms with E-state index in [2.05, 4.69) is 5.27 Å². The Bertz CT molecular complexity index is 1520. The van der Waals surface area contributed by atoms with Crippen LogP contribution in [0.25, 0.3) is 27.2 Å². The molecule has 3 heterocycles. The molecule has 0 atom stereocenters. The van der Waals surface area contributed by atoms with Gasteiger partial charge in [-0.2, -0.15) is 0 Å². The van der Waals surface area contributed by atoms with Gasteiger partial charge >= 0.3 is 11.3 Å². The van der Waals surface area contributed by atoms with E-state index in [0.29, 0.717) is 27.3 Å². The Morgan fingerprint density at radius 3 is 2.62 bits per heavy atom. The highest BCUT2D eigenvalue weighted by atomic mass is 32.1. The van der Waals surface area contributed by atoms with E-state index in [0.717, 1.165) is 16.9 Å². The average molecular weight is 445 g/mol. The standard InChI is InChI=1S/C23H16N4O4S/c1-30-17-10-6-5-9-14(17)16-12-11-15-18(24)21(32-22(15)25-16)20(28)19-23(29)31-26-27(19)13-7-3-2-4-8-13/h2-12H,1H3,(H2-,24,26,28,29)/p+1. The van der Waals surface area contributed by atoms with Gasteiger partial charge in [0.2, 0.25) is 5.69 Å². The summed E-state index contributed by atoms with van der Waals surface area (Å²) in [6, 6.07) is 20.1. The molecule has 2 aromatic carbocycles. The zero-order valence-electron chi connectivity index (χ0n) is 16.9. The summed E-state index contributed by atoms with van der Waals surface area (Å²) in [6.45, 7) is 0. The number of pyridine rings is 1. The van der Waals surface area contributed by atoms with E-state index < -0.39 is 11.4 Å². The zero-order valence-corrected chi connectivity index (χ0v) is 17.7. The summed E-state index contributed by atoms with van der Waals surface area (Å²) >= 11 is 1.13. The molecule has 9 heteroatoms. The third-order valence-corrected chi connectivity index (χ3v) is 6.17. The summed E-state index contributed by atoms with van der Waals surface area (Å²) in [5.41, 5.74) is 7.72. The second-order valence-corrected chi connectivity index (χ2v) is 7.92. The second kappa shape index (κ2) is 7.78. The van der Waals surface area contributed by atoms with E-state index in [1.807, 2.05) is 42.5 Å². The number of thiophene rings is 1. The lowest BCUT2D eigenvalue weighted by Gasteiger charge is -2.07. The number of fused-ring (bicyclic) bond motifs is 1. The van der Waals surface area contributed by atoms with Crippen LogP contribution in [0.1, 0.15) is 15.4 Å². The maximum atomic E-state index is 13.4. The Hall–Kier alpha value is -4.24. The topological polar surface area (TPSA) is 115 Å². The van der Waals surface area contributed by atoms with Crippen molar-refractivity contribution in [1.82, 2.24) is 10.3 Å². The first-order chi connectivity index (χ1) is 15.6. The third-order valence-electron chi connectivity index (χ3n) is 5.06. The van der Waals surface area contributed by atoms with Crippen molar-refractivity contribution in [1.29, 1.82) is 0 Å². The molecule has 0 saturated carbocycles. The quantitative estimate of drug-likeness (QED) is 0.317. The predicted octanol–water partition coefficient (Wildman–Crippen LogP) is 3.34. The summed E-state index contributed by atoms with van der Waals surface area (Å²) in [5, 5.41) is 3.12. The van der Waals surface area contributed by atoms with Crippen LogP contribution >= 0.6 is 11.3 Å². The van der Waals surface area contributed by atoms with Gasteiger partial charge in [-0.25, -0.2) is 9.78 Å². The van der Waals surface area contributed by atoms with Crippen LogP contribution in [-0.4, -0.2) is 23.1 Å². The first kappa shape index (κ1) is 19.7. The Kier molecular flexibility index (Phi) is 4.79. The molecule has 0 aliphatic carbocycles. The molecular weight excluding hydrogens is 428 g/mol. The van der Waals surface area contributed by atoms with Crippen LogP contribution in [0.4, 0.5) is 5.69 Å². The van der Waals surface area contributed by atoms with Crippen molar-refractivity contribution in [2.75, 3.05) is 12.8 Å². The molecule has 8 nitrogen and oxygen atoms in total. The van der Waals surface area contributed by atoms with Crippen LogP contribution in [0.5, 0.6) is 5.75 Å². The van der Waals surface area contributed by atoms with Gasteiger partial charge in [0.15, 0.2) is 0 Å². The van der Waals surface area contributed by atoms with Gasteiger partial charge in [-0.15, -0.1) is 11.3 Å². The van der Waals surface area contributed by atoms with Gasteiger partial charge in [-0.1, -0.05) is 30.3 Å². The predicted molar refractivity (Wildman–Crippen MR) is 120 cm³/mol. The number of nitrogens with zero attached hydrogens (tertiary/aromatic N) is 2. The maximum absolute atomic E-state index is 13.4. The summed E-state index contributed by atoms with van der Waals surface area (Å²) < 4.78 is 11.6. The van der Waals surface area contributed by atoms with Gasteiger partial charge in [0.05, 0.1) is 18.5 Å². The normalized spacial score (nSPS) is 11.0. The number of carbonyl (C=O) groups excluding carboxylic acids is 1. The van der Waals surface area contributed by atoms with Gasteiger partial charge in [0.1, 0.15) is 15.5 Å². The van der Waals surface area contributed by atoms with Crippen molar-refractivity contribution in [2.45, 2.75) is 0 Å². The number of nitrogen functional groups attached to an aromatic ring is 1. The molecule has 0 aliphatic heterocycles. The average Bonchev–Trinajstić information content (AvgIpc) is 3.38. The fraction of sp³-hybridized carbons (Fsp3) is 0.0435. The number of hydrogen-bond acceptors (Lipinski definition) is 7. The Labute approximate surface area is 185 Å². The van der Waals surface area contributed by atoms with E-state index in [4.69, 9.17) is 20.0 Å². The molecule has 0 saturated heterocycles. The number of aromatic amines is 1. The van der Waals surface area contributed by atoms with Gasteiger partial charge in [0, 0.05) is 23.1 Å². The molecule has 0 amide bonds. The smallest absolute Gasteiger partial charge is 0.439 e. The largest absolute Gasteiger partial charge is 0.496 e. The molecular formula is C23H17N4O4S+. The molecule has 0 unspecified atom stereocenters. The Morgan fingerprint density at radius 2 is 1.84 bits per heavy atom. The van der Waals surface area contributed by atoms with Crippen LogP contribution in [0.3, 0.4) is 0 Å². The number of ketones is 1. The van der Waals surface area contributed by atoms with Gasteiger partial charge in [-0.3, -0.25) is 9.32 Å². The number of para-hydroxylation sites is 2. The van der Waals surface area contributed by atoms with E-state index in [9.17, 15) is 9.59 Å². The van der Waals surface area contributed by atoms with Crippen LogP contribution in [-0.2, 0) is 0 Å². The molecule has 0 radical (unpaired) electrons. The number of ether oxygens (including phenoxy) is 1. The number of H-pyrrole nitrogens is 1. The number of nitrogens with one attached hydrogen (secondary N) is 1. The zero-order chi connectivity index (χ0) is 22.2. The molecule has 32 heavy (non-hydrogen) atoms. The lowest BCUT2D eigenvalue weighted by atomic mass is 10.1. The summed E-state index contributed by atoms with van der Waals surface area (Å²) in [4.78, 5) is 31.2. The lowest BCUT2D eigenvalue weighted by molar-refractivity contribution is -0.672. The monoisotopic (exact) mass is 445 g/mol. The molecule has 158 valence electrons. The molecule has 3 aromatic heterocycles. The van der Waals surface area contributed by atoms with Crippen LogP contribution < -0.4 is 20.8 Å². The number of rotatable bonds is 5. The van der Waals surface area contributed by atoms with E-state index in [1.165, 1.54) is 4.68 Å². The minimum absolute atomic E-state index is 0.167. The third kappa shape index (κ3) is 3.15. The fourth-order valence-corrected chi connectivity index (χ4v) is 4.54. The number of methoxy groups -OCH3 is 1. The minimum Gasteiger partial charge on any atom is -0.496 e. The highest BCUT2D eigenvalue weighted by Gasteiger charge is 2.34. The molecule has 0 fully saturated rings. The van der Waals surface area contributed by atoms with Gasteiger partial charge in [-0.05, 0) is 34.2 Å². The molecule has 0 aliphatic rings. The number of nitrogens with two attached hydrogens (primary N) is 1. The van der Waals surface area contributed by atoms with E-state index in [-0.39, 0.29) is 16.3 Å². The number of anilines is 1. The van der Waals surface area contributed by atoms with Crippen molar-refractivity contribution in [3.05, 3.63) is 87.7 Å². The van der Waals surface area contributed by atoms with Crippen molar-refractivity contribution in [3.63, 3.8) is 0 Å². The summed E-state index contributed by atoms with van der Waals surface area (Å²) in [7, 11) is 1.60. The number of aromatic nitrogens is 3. The molecule has 5 aromatic rings. The fourth-order valence-electron chi connectivity index (χ4n) is 3.51. The van der Waals surface area contributed by atoms with E-state index in [1.54, 1.807) is 31.4 Å². The first-order valence-corrected chi connectivity index (χ1v) is 10.5. The Balaban J connectivity index is 1.62. The van der Waals surface area contributed by atoms with Crippen molar-refractivity contribution >= 4 is 33.0 Å². The number of hydrogen-bond donors (Lipinski definition) is 2. The highest BCUT2D eigenvalue weighted by Crippen LogP contribution is 2.36. The summed E-state index contributed by atoms with van der Waals surface area (Å²) in [5.74, 6) is 0.150. The summed E-state index contributed by atoms with van der Waals surface area (Å²) in [6.07, 6.45) is 0. The molecule has 0 spiro atoms. The van der Waals surface area contributed by atoms with Crippen LogP contribution in [0.2, 0.25) is 0 Å². The first-order valence-electron chi connectivity index (χ1n) is 9.64. The maximum Gasteiger partial charge on any atom is 0.439 e. The minimum atomic E-state index is -0.779. The SMILES string of the molecule is COc1ccccc1-c1ccc2c(N)c(C(=O)c3c(=O)o[nH][n+]3-c3ccccc3)sc2n1. The van der Waals surface area contributed by atoms with Crippen molar-refractivity contribution in [3.8, 4) is 22.7 Å². The van der Waals surface area contributed by atoms with Crippen LogP contribution in [0.15, 0.2) is 76.0 Å².